The lowest BCUT2D eigenvalue weighted by Gasteiger charge is -2.08. The molecular weight excluding hydrogens is 196 g/mol. The largest absolute Gasteiger partial charge is 0.105 e. The summed E-state index contributed by atoms with van der Waals surface area (Å²) in [6, 6.07) is 12.3. The highest BCUT2D eigenvalue weighted by Crippen LogP contribution is 2.50. The average molecular weight is 217 g/mol. The van der Waals surface area contributed by atoms with Crippen molar-refractivity contribution in [2.24, 2.45) is 5.92 Å². The van der Waals surface area contributed by atoms with Crippen molar-refractivity contribution in [3.63, 3.8) is 0 Å². The molecule has 1 aliphatic rings. The molecule has 0 unspecified atom stereocenters. The predicted octanol–water partition coefficient (Wildman–Crippen LogP) is 4.33. The van der Waals surface area contributed by atoms with E-state index in [1.165, 1.54) is 18.0 Å². The summed E-state index contributed by atoms with van der Waals surface area (Å²) in [6.07, 6.45) is 3.97. The Kier molecular flexibility index (Phi) is 2.92. The van der Waals surface area contributed by atoms with E-state index in [1.54, 1.807) is 0 Å². The van der Waals surface area contributed by atoms with E-state index in [2.05, 4.69) is 56.4 Å². The Balaban J connectivity index is 1.82. The molecule has 0 nitrogen and oxygen atoms in total. The zero-order valence-electron chi connectivity index (χ0n) is 10.0. The van der Waals surface area contributed by atoms with Gasteiger partial charge in [-0.2, -0.15) is 0 Å². The molecule has 1 saturated carbocycles. The zero-order valence-corrected chi connectivity index (χ0v) is 11.0. The second-order valence-electron chi connectivity index (χ2n) is 5.92. The minimum absolute atomic E-state index is 0.836. The highest BCUT2D eigenvalue weighted by atomic mass is 28.3. The van der Waals surface area contributed by atoms with Gasteiger partial charge in [-0.3, -0.25) is 0 Å². The lowest BCUT2D eigenvalue weighted by atomic mass is 10.1. The van der Waals surface area contributed by atoms with E-state index in [4.69, 9.17) is 0 Å². The maximum absolute atomic E-state index is 2.59. The third kappa shape index (κ3) is 3.13. The van der Waals surface area contributed by atoms with E-state index < -0.39 is 8.07 Å². The standard InChI is InChI=1S/C14H21Si/c1-15(2,3)10-9-13-11-14(13)12-7-5-4-6-8-12/h4-9,13-14H,10-11H2,1-3H3/q+1/t13-,14+/m0/s1. The van der Waals surface area contributed by atoms with Crippen LogP contribution in [-0.2, 0) is 0 Å². The Bertz CT molecular complexity index is 310. The van der Waals surface area contributed by atoms with Crippen LogP contribution >= 0.6 is 0 Å². The van der Waals surface area contributed by atoms with Crippen LogP contribution in [0.3, 0.4) is 0 Å². The SMILES string of the molecule is C[Si](C)(C)C[CH+][C@H]1C[C@@H]1c1ccccc1. The van der Waals surface area contributed by atoms with Gasteiger partial charge in [-0.25, -0.2) is 0 Å². The van der Waals surface area contributed by atoms with Crippen molar-refractivity contribution in [2.75, 3.05) is 0 Å². The maximum atomic E-state index is 2.59. The molecule has 0 amide bonds. The van der Waals surface area contributed by atoms with Crippen molar-refractivity contribution < 1.29 is 0 Å². The Hall–Kier alpha value is -0.693. The molecule has 0 heterocycles. The summed E-state index contributed by atoms with van der Waals surface area (Å²) in [4.78, 5) is 0. The summed E-state index contributed by atoms with van der Waals surface area (Å²) in [5.74, 6) is 1.71. The van der Waals surface area contributed by atoms with Gasteiger partial charge in [-0.15, -0.1) is 0 Å². The molecule has 80 valence electrons. The van der Waals surface area contributed by atoms with Crippen LogP contribution in [0.2, 0.25) is 25.7 Å². The van der Waals surface area contributed by atoms with Crippen LogP contribution in [0, 0.1) is 12.3 Å². The maximum Gasteiger partial charge on any atom is 0.105 e. The van der Waals surface area contributed by atoms with Gasteiger partial charge >= 0.3 is 0 Å². The van der Waals surface area contributed by atoms with Gasteiger partial charge in [0, 0.05) is 12.3 Å². The van der Waals surface area contributed by atoms with E-state index in [0.717, 1.165) is 11.8 Å². The monoisotopic (exact) mass is 217 g/mol. The molecule has 1 fully saturated rings. The Morgan fingerprint density at radius 2 is 1.87 bits per heavy atom. The Labute approximate surface area is 94.7 Å². The van der Waals surface area contributed by atoms with Gasteiger partial charge in [0.1, 0.15) is 5.92 Å². The minimum Gasteiger partial charge on any atom is -0.0657 e. The lowest BCUT2D eigenvalue weighted by Crippen LogP contribution is -2.19. The Morgan fingerprint density at radius 1 is 1.20 bits per heavy atom. The molecule has 0 N–H and O–H groups in total. The van der Waals surface area contributed by atoms with Gasteiger partial charge in [-0.1, -0.05) is 50.0 Å². The zero-order chi connectivity index (χ0) is 10.9. The van der Waals surface area contributed by atoms with Gasteiger partial charge in [0.15, 0.2) is 0 Å². The number of hydrogen-bond acceptors (Lipinski definition) is 0. The number of benzene rings is 1. The van der Waals surface area contributed by atoms with Crippen LogP contribution in [0.25, 0.3) is 0 Å². The molecule has 1 aromatic carbocycles. The Morgan fingerprint density at radius 3 is 2.47 bits per heavy atom. The fourth-order valence-electron chi connectivity index (χ4n) is 2.06. The first-order valence-corrected chi connectivity index (χ1v) is 9.65. The molecule has 1 aliphatic carbocycles. The minimum atomic E-state index is -0.866. The highest BCUT2D eigenvalue weighted by Gasteiger charge is 2.45. The summed E-state index contributed by atoms with van der Waals surface area (Å²) in [6.45, 7) is 7.34. The number of hydrogen-bond donors (Lipinski definition) is 0. The lowest BCUT2D eigenvalue weighted by molar-refractivity contribution is 0.924. The molecule has 1 heteroatoms. The summed E-state index contributed by atoms with van der Waals surface area (Å²) < 4.78 is 0. The molecule has 0 aliphatic heterocycles. The van der Waals surface area contributed by atoms with Crippen LogP contribution in [0.1, 0.15) is 17.9 Å². The third-order valence-corrected chi connectivity index (χ3v) is 4.56. The molecule has 0 spiro atoms. The van der Waals surface area contributed by atoms with Gasteiger partial charge in [-0.05, 0) is 5.56 Å². The summed E-state index contributed by atoms with van der Waals surface area (Å²) >= 11 is 0. The third-order valence-electron chi connectivity index (χ3n) is 3.10. The fraction of sp³-hybridized carbons (Fsp3) is 0.500. The topological polar surface area (TPSA) is 0 Å². The summed E-state index contributed by atoms with van der Waals surface area (Å²) in [5, 5.41) is 0. The first kappa shape index (κ1) is 10.8. The van der Waals surface area contributed by atoms with Gasteiger partial charge in [0.05, 0.1) is 20.5 Å². The van der Waals surface area contributed by atoms with E-state index in [9.17, 15) is 0 Å². The first-order chi connectivity index (χ1) is 7.06. The molecule has 1 aromatic rings. The van der Waals surface area contributed by atoms with E-state index >= 15 is 0 Å². The normalized spacial score (nSPS) is 25.0. The highest BCUT2D eigenvalue weighted by molar-refractivity contribution is 6.76. The summed E-state index contributed by atoms with van der Waals surface area (Å²) in [5.41, 5.74) is 1.54. The molecule has 2 atom stereocenters. The van der Waals surface area contributed by atoms with Crippen molar-refractivity contribution in [1.29, 1.82) is 0 Å². The molecule has 0 radical (unpaired) electrons. The van der Waals surface area contributed by atoms with Gasteiger partial charge in [0.25, 0.3) is 0 Å². The quantitative estimate of drug-likeness (QED) is 0.520. The van der Waals surface area contributed by atoms with E-state index in [1.807, 2.05) is 0 Å². The van der Waals surface area contributed by atoms with Crippen LogP contribution in [-0.4, -0.2) is 8.07 Å². The smallest absolute Gasteiger partial charge is 0.0657 e. The fourth-order valence-corrected chi connectivity index (χ4v) is 3.07. The predicted molar refractivity (Wildman–Crippen MR) is 69.7 cm³/mol. The number of rotatable bonds is 4. The van der Waals surface area contributed by atoms with Crippen LogP contribution in [0.4, 0.5) is 0 Å². The van der Waals surface area contributed by atoms with Crippen molar-refractivity contribution >= 4 is 8.07 Å². The second kappa shape index (κ2) is 4.05. The van der Waals surface area contributed by atoms with Gasteiger partial charge < -0.3 is 0 Å². The molecule has 0 bridgehead atoms. The van der Waals surface area contributed by atoms with Crippen LogP contribution < -0.4 is 0 Å². The second-order valence-corrected chi connectivity index (χ2v) is 11.4. The van der Waals surface area contributed by atoms with E-state index in [-0.39, 0.29) is 0 Å². The van der Waals surface area contributed by atoms with Crippen LogP contribution in [0.15, 0.2) is 30.3 Å². The first-order valence-electron chi connectivity index (χ1n) is 5.94. The molecule has 0 saturated heterocycles. The molecular formula is C14H21Si+. The van der Waals surface area contributed by atoms with Crippen LogP contribution in [0.5, 0.6) is 0 Å². The van der Waals surface area contributed by atoms with Crippen molar-refractivity contribution in [2.45, 2.75) is 38.0 Å². The van der Waals surface area contributed by atoms with Gasteiger partial charge in [0.2, 0.25) is 0 Å². The molecule has 15 heavy (non-hydrogen) atoms. The van der Waals surface area contributed by atoms with Crippen molar-refractivity contribution in [3.8, 4) is 0 Å². The summed E-state index contributed by atoms with van der Waals surface area (Å²) in [7, 11) is -0.866. The average Bonchev–Trinajstić information content (AvgIpc) is 2.94. The molecule has 0 aromatic heterocycles. The van der Waals surface area contributed by atoms with Crippen molar-refractivity contribution in [3.05, 3.63) is 42.3 Å². The van der Waals surface area contributed by atoms with E-state index in [0.29, 0.717) is 0 Å². The molecule has 2 rings (SSSR count). The van der Waals surface area contributed by atoms with Crippen molar-refractivity contribution in [1.82, 2.24) is 0 Å².